The summed E-state index contributed by atoms with van der Waals surface area (Å²) in [5, 5.41) is 0. The Labute approximate surface area is 98.3 Å². The molecule has 0 aromatic rings. The predicted molar refractivity (Wildman–Crippen MR) is 62.4 cm³/mol. The largest absolute Gasteiger partial charge is 0.464 e. The standard InChI is InChI=1S/C12H24O4/c1-4-7-11(12(13)15-6-3)16-10-9-14-8-5-2/h11H,4-10H2,1-3H3. The third-order valence-electron chi connectivity index (χ3n) is 2.00. The Morgan fingerprint density at radius 3 is 2.38 bits per heavy atom. The first kappa shape index (κ1) is 15.4. The maximum absolute atomic E-state index is 11.5. The summed E-state index contributed by atoms with van der Waals surface area (Å²) >= 11 is 0. The number of hydrogen-bond donors (Lipinski definition) is 0. The van der Waals surface area contributed by atoms with Crippen LogP contribution in [0.2, 0.25) is 0 Å². The summed E-state index contributed by atoms with van der Waals surface area (Å²) in [4.78, 5) is 11.5. The van der Waals surface area contributed by atoms with E-state index in [1.165, 1.54) is 0 Å². The molecule has 0 aliphatic rings. The molecule has 1 atom stereocenters. The lowest BCUT2D eigenvalue weighted by molar-refractivity contribution is -0.158. The van der Waals surface area contributed by atoms with E-state index in [-0.39, 0.29) is 5.97 Å². The van der Waals surface area contributed by atoms with E-state index in [1.54, 1.807) is 6.92 Å². The Morgan fingerprint density at radius 1 is 1.06 bits per heavy atom. The fourth-order valence-corrected chi connectivity index (χ4v) is 1.26. The van der Waals surface area contributed by atoms with Crippen molar-refractivity contribution in [3.05, 3.63) is 0 Å². The van der Waals surface area contributed by atoms with Crippen molar-refractivity contribution in [3.63, 3.8) is 0 Å². The van der Waals surface area contributed by atoms with Gasteiger partial charge in [-0.2, -0.15) is 0 Å². The minimum atomic E-state index is -0.435. The predicted octanol–water partition coefficient (Wildman–Crippen LogP) is 2.16. The van der Waals surface area contributed by atoms with Crippen molar-refractivity contribution in [2.45, 2.75) is 46.1 Å². The van der Waals surface area contributed by atoms with Crippen molar-refractivity contribution in [2.75, 3.05) is 26.4 Å². The summed E-state index contributed by atoms with van der Waals surface area (Å²) in [5.41, 5.74) is 0. The quantitative estimate of drug-likeness (QED) is 0.428. The normalized spacial score (nSPS) is 12.4. The van der Waals surface area contributed by atoms with Crippen LogP contribution in [0.5, 0.6) is 0 Å². The van der Waals surface area contributed by atoms with Crippen LogP contribution < -0.4 is 0 Å². The van der Waals surface area contributed by atoms with E-state index in [0.717, 1.165) is 19.4 Å². The highest BCUT2D eigenvalue weighted by Gasteiger charge is 2.18. The highest BCUT2D eigenvalue weighted by Crippen LogP contribution is 2.04. The average Bonchev–Trinajstić information content (AvgIpc) is 2.27. The Balaban J connectivity index is 3.71. The van der Waals surface area contributed by atoms with E-state index in [9.17, 15) is 4.79 Å². The van der Waals surface area contributed by atoms with Crippen molar-refractivity contribution < 1.29 is 19.0 Å². The molecule has 0 N–H and O–H groups in total. The molecule has 0 aliphatic heterocycles. The van der Waals surface area contributed by atoms with Crippen LogP contribution in [0.1, 0.15) is 40.0 Å². The van der Waals surface area contributed by atoms with Gasteiger partial charge in [0.05, 0.1) is 19.8 Å². The second kappa shape index (κ2) is 10.9. The number of carbonyl (C=O) groups is 1. The van der Waals surface area contributed by atoms with Gasteiger partial charge in [0.25, 0.3) is 0 Å². The van der Waals surface area contributed by atoms with Gasteiger partial charge in [-0.25, -0.2) is 4.79 Å². The van der Waals surface area contributed by atoms with Gasteiger partial charge < -0.3 is 14.2 Å². The van der Waals surface area contributed by atoms with Crippen LogP contribution in [-0.2, 0) is 19.0 Å². The van der Waals surface area contributed by atoms with Gasteiger partial charge in [0.2, 0.25) is 0 Å². The molecule has 0 spiro atoms. The lowest BCUT2D eigenvalue weighted by Crippen LogP contribution is -2.28. The van der Waals surface area contributed by atoms with Crippen molar-refractivity contribution in [1.29, 1.82) is 0 Å². The van der Waals surface area contributed by atoms with Crippen LogP contribution >= 0.6 is 0 Å². The molecule has 4 heteroatoms. The van der Waals surface area contributed by atoms with E-state index < -0.39 is 6.10 Å². The zero-order chi connectivity index (χ0) is 12.2. The summed E-state index contributed by atoms with van der Waals surface area (Å²) in [6, 6.07) is 0. The molecule has 0 aromatic carbocycles. The molecular weight excluding hydrogens is 208 g/mol. The van der Waals surface area contributed by atoms with E-state index in [1.807, 2.05) is 6.92 Å². The van der Waals surface area contributed by atoms with Crippen LogP contribution in [-0.4, -0.2) is 38.5 Å². The molecule has 4 nitrogen and oxygen atoms in total. The van der Waals surface area contributed by atoms with Crippen LogP contribution in [0.4, 0.5) is 0 Å². The molecule has 0 amide bonds. The molecule has 0 rings (SSSR count). The van der Waals surface area contributed by atoms with Gasteiger partial charge in [0.1, 0.15) is 0 Å². The van der Waals surface area contributed by atoms with Gasteiger partial charge in [-0.3, -0.25) is 0 Å². The Kier molecular flexibility index (Phi) is 10.5. The van der Waals surface area contributed by atoms with E-state index in [0.29, 0.717) is 26.2 Å². The van der Waals surface area contributed by atoms with Gasteiger partial charge in [-0.05, 0) is 19.8 Å². The number of hydrogen-bond acceptors (Lipinski definition) is 4. The third-order valence-corrected chi connectivity index (χ3v) is 2.00. The summed E-state index contributed by atoms with van der Waals surface area (Å²) in [5.74, 6) is -0.264. The first-order valence-corrected chi connectivity index (χ1v) is 6.12. The van der Waals surface area contributed by atoms with Gasteiger partial charge >= 0.3 is 5.97 Å². The summed E-state index contributed by atoms with van der Waals surface area (Å²) < 4.78 is 15.6. The minimum Gasteiger partial charge on any atom is -0.464 e. The topological polar surface area (TPSA) is 44.8 Å². The molecule has 96 valence electrons. The molecule has 0 aromatic heterocycles. The van der Waals surface area contributed by atoms with Gasteiger partial charge in [-0.15, -0.1) is 0 Å². The second-order valence-electron chi connectivity index (χ2n) is 3.51. The lowest BCUT2D eigenvalue weighted by Gasteiger charge is -2.15. The van der Waals surface area contributed by atoms with Crippen molar-refractivity contribution in [2.24, 2.45) is 0 Å². The fraction of sp³-hybridized carbons (Fsp3) is 0.917. The van der Waals surface area contributed by atoms with Crippen LogP contribution in [0.3, 0.4) is 0 Å². The lowest BCUT2D eigenvalue weighted by atomic mass is 10.2. The van der Waals surface area contributed by atoms with Crippen molar-refractivity contribution in [3.8, 4) is 0 Å². The minimum absolute atomic E-state index is 0.264. The second-order valence-corrected chi connectivity index (χ2v) is 3.51. The van der Waals surface area contributed by atoms with Gasteiger partial charge in [0, 0.05) is 6.61 Å². The summed E-state index contributed by atoms with van der Waals surface area (Å²) in [6.45, 7) is 7.99. The molecule has 0 bridgehead atoms. The van der Waals surface area contributed by atoms with Crippen molar-refractivity contribution in [1.82, 2.24) is 0 Å². The monoisotopic (exact) mass is 232 g/mol. The van der Waals surface area contributed by atoms with Crippen LogP contribution in [0.25, 0.3) is 0 Å². The summed E-state index contributed by atoms with van der Waals surface area (Å²) in [7, 11) is 0. The molecule has 16 heavy (non-hydrogen) atoms. The molecular formula is C12H24O4. The smallest absolute Gasteiger partial charge is 0.335 e. The van der Waals surface area contributed by atoms with Crippen LogP contribution in [0.15, 0.2) is 0 Å². The first-order valence-electron chi connectivity index (χ1n) is 6.12. The molecule has 0 radical (unpaired) electrons. The average molecular weight is 232 g/mol. The van der Waals surface area contributed by atoms with Gasteiger partial charge in [0.15, 0.2) is 6.10 Å². The Hall–Kier alpha value is -0.610. The third kappa shape index (κ3) is 7.65. The number of rotatable bonds is 10. The molecule has 0 fully saturated rings. The Bertz CT molecular complexity index is 170. The molecule has 0 aliphatic carbocycles. The maximum atomic E-state index is 11.5. The highest BCUT2D eigenvalue weighted by atomic mass is 16.6. The highest BCUT2D eigenvalue weighted by molar-refractivity contribution is 5.74. The number of esters is 1. The Morgan fingerprint density at radius 2 is 1.81 bits per heavy atom. The molecule has 0 heterocycles. The SMILES string of the molecule is CCCOCCOC(CCC)C(=O)OCC. The van der Waals surface area contributed by atoms with E-state index >= 15 is 0 Å². The number of carbonyl (C=O) groups excluding carboxylic acids is 1. The van der Waals surface area contributed by atoms with E-state index in [4.69, 9.17) is 14.2 Å². The maximum Gasteiger partial charge on any atom is 0.335 e. The summed E-state index contributed by atoms with van der Waals surface area (Å²) in [6.07, 6.45) is 2.16. The van der Waals surface area contributed by atoms with Gasteiger partial charge in [-0.1, -0.05) is 20.3 Å². The molecule has 0 saturated heterocycles. The fourth-order valence-electron chi connectivity index (χ4n) is 1.26. The van der Waals surface area contributed by atoms with Crippen molar-refractivity contribution >= 4 is 5.97 Å². The van der Waals surface area contributed by atoms with Crippen LogP contribution in [0, 0.1) is 0 Å². The zero-order valence-corrected chi connectivity index (χ0v) is 10.7. The first-order chi connectivity index (χ1) is 7.76. The van der Waals surface area contributed by atoms with E-state index in [2.05, 4.69) is 6.92 Å². The molecule has 1 unspecified atom stereocenters. The number of ether oxygens (including phenoxy) is 3. The zero-order valence-electron chi connectivity index (χ0n) is 10.7. The molecule has 0 saturated carbocycles.